The van der Waals surface area contributed by atoms with Crippen molar-refractivity contribution in [1.29, 1.82) is 0 Å². The lowest BCUT2D eigenvalue weighted by Crippen LogP contribution is -2.30. The Morgan fingerprint density at radius 3 is 2.41 bits per heavy atom. The van der Waals surface area contributed by atoms with E-state index in [0.29, 0.717) is 5.01 Å². The lowest BCUT2D eigenvalue weighted by molar-refractivity contribution is -0.123. The lowest BCUT2D eigenvalue weighted by atomic mass is 10.2. The zero-order valence-electron chi connectivity index (χ0n) is 14.1. The van der Waals surface area contributed by atoms with Crippen LogP contribution in [0, 0.1) is 11.6 Å². The van der Waals surface area contributed by atoms with Crippen molar-refractivity contribution in [2.45, 2.75) is 13.0 Å². The van der Waals surface area contributed by atoms with E-state index < -0.39 is 35.3 Å². The number of anilines is 1. The Balaban J connectivity index is 1.65. The van der Waals surface area contributed by atoms with Gasteiger partial charge in [-0.05, 0) is 19.1 Å². The number of hydrogen-bond donors (Lipinski definition) is 1. The SMILES string of the molecule is C[C@H](OC(=O)c1csc(-c2ccccc2)n1)C(=O)Nc1c(F)cccc1F. The van der Waals surface area contributed by atoms with Crippen LogP contribution in [-0.2, 0) is 9.53 Å². The second-order valence-electron chi connectivity index (χ2n) is 5.54. The number of amides is 1. The van der Waals surface area contributed by atoms with Gasteiger partial charge < -0.3 is 10.1 Å². The van der Waals surface area contributed by atoms with Crippen molar-refractivity contribution in [1.82, 2.24) is 4.98 Å². The topological polar surface area (TPSA) is 68.3 Å². The summed E-state index contributed by atoms with van der Waals surface area (Å²) in [6.07, 6.45) is -1.27. The number of nitrogens with one attached hydrogen (secondary N) is 1. The molecule has 0 radical (unpaired) electrons. The molecule has 0 bridgehead atoms. The van der Waals surface area contributed by atoms with Crippen LogP contribution in [0.25, 0.3) is 10.6 Å². The molecule has 27 heavy (non-hydrogen) atoms. The van der Waals surface area contributed by atoms with Gasteiger partial charge in [0, 0.05) is 10.9 Å². The highest BCUT2D eigenvalue weighted by Crippen LogP contribution is 2.24. The Morgan fingerprint density at radius 1 is 1.07 bits per heavy atom. The van der Waals surface area contributed by atoms with E-state index in [1.54, 1.807) is 0 Å². The highest BCUT2D eigenvalue weighted by atomic mass is 32.1. The van der Waals surface area contributed by atoms with E-state index in [4.69, 9.17) is 4.74 Å². The minimum absolute atomic E-state index is 0.0515. The van der Waals surface area contributed by atoms with Crippen molar-refractivity contribution >= 4 is 28.9 Å². The van der Waals surface area contributed by atoms with Crippen LogP contribution in [0.2, 0.25) is 0 Å². The summed E-state index contributed by atoms with van der Waals surface area (Å²) in [5.41, 5.74) is 0.309. The van der Waals surface area contributed by atoms with E-state index in [-0.39, 0.29) is 5.69 Å². The number of hydrogen-bond acceptors (Lipinski definition) is 5. The first-order chi connectivity index (χ1) is 13.0. The summed E-state index contributed by atoms with van der Waals surface area (Å²) in [7, 11) is 0. The molecule has 0 aliphatic rings. The van der Waals surface area contributed by atoms with Gasteiger partial charge in [-0.1, -0.05) is 36.4 Å². The predicted molar refractivity (Wildman–Crippen MR) is 97.4 cm³/mol. The van der Waals surface area contributed by atoms with Gasteiger partial charge in [-0.2, -0.15) is 0 Å². The highest BCUT2D eigenvalue weighted by Gasteiger charge is 2.23. The highest BCUT2D eigenvalue weighted by molar-refractivity contribution is 7.13. The van der Waals surface area contributed by atoms with Crippen molar-refractivity contribution in [3.05, 3.63) is 71.2 Å². The van der Waals surface area contributed by atoms with E-state index >= 15 is 0 Å². The van der Waals surface area contributed by atoms with Crippen LogP contribution < -0.4 is 5.32 Å². The van der Waals surface area contributed by atoms with E-state index in [2.05, 4.69) is 10.3 Å². The minimum Gasteiger partial charge on any atom is -0.448 e. The van der Waals surface area contributed by atoms with Gasteiger partial charge in [-0.15, -0.1) is 11.3 Å². The molecule has 0 unspecified atom stereocenters. The van der Waals surface area contributed by atoms with Gasteiger partial charge >= 0.3 is 5.97 Å². The number of halogens is 2. The molecule has 5 nitrogen and oxygen atoms in total. The normalized spacial score (nSPS) is 11.7. The Labute approximate surface area is 157 Å². The van der Waals surface area contributed by atoms with Crippen molar-refractivity contribution in [3.8, 4) is 10.6 Å². The number of ether oxygens (including phenoxy) is 1. The number of thiazole rings is 1. The van der Waals surface area contributed by atoms with Gasteiger partial charge in [0.25, 0.3) is 5.91 Å². The molecule has 3 aromatic rings. The Hall–Kier alpha value is -3.13. The first kappa shape index (κ1) is 18.7. The molecule has 138 valence electrons. The summed E-state index contributed by atoms with van der Waals surface area (Å²) in [6.45, 7) is 1.30. The molecule has 0 saturated carbocycles. The zero-order valence-corrected chi connectivity index (χ0v) is 14.9. The largest absolute Gasteiger partial charge is 0.448 e. The van der Waals surface area contributed by atoms with Crippen molar-refractivity contribution < 1.29 is 23.1 Å². The minimum atomic E-state index is -1.27. The molecule has 0 saturated heterocycles. The van der Waals surface area contributed by atoms with Crippen LogP contribution >= 0.6 is 11.3 Å². The van der Waals surface area contributed by atoms with Crippen LogP contribution in [0.3, 0.4) is 0 Å². The van der Waals surface area contributed by atoms with Crippen LogP contribution in [0.15, 0.2) is 53.9 Å². The van der Waals surface area contributed by atoms with Gasteiger partial charge in [0.05, 0.1) is 0 Å². The number of para-hydroxylation sites is 1. The maximum atomic E-state index is 13.6. The van der Waals surface area contributed by atoms with Crippen molar-refractivity contribution in [2.75, 3.05) is 5.32 Å². The molecule has 0 aliphatic heterocycles. The molecule has 3 rings (SSSR count). The number of carbonyl (C=O) groups excluding carboxylic acids is 2. The molecule has 0 spiro atoms. The molecule has 0 aliphatic carbocycles. The van der Waals surface area contributed by atoms with Crippen LogP contribution in [-0.4, -0.2) is 23.0 Å². The summed E-state index contributed by atoms with van der Waals surface area (Å²) in [5.74, 6) is -3.50. The molecule has 1 N–H and O–H groups in total. The fourth-order valence-electron chi connectivity index (χ4n) is 2.20. The van der Waals surface area contributed by atoms with E-state index in [0.717, 1.165) is 17.7 Å². The van der Waals surface area contributed by atoms with Gasteiger partial charge in [0.2, 0.25) is 0 Å². The lowest BCUT2D eigenvalue weighted by Gasteiger charge is -2.13. The van der Waals surface area contributed by atoms with Gasteiger partial charge in [-0.3, -0.25) is 4.79 Å². The van der Waals surface area contributed by atoms with E-state index in [1.165, 1.54) is 29.7 Å². The summed E-state index contributed by atoms with van der Waals surface area (Å²) >= 11 is 1.26. The van der Waals surface area contributed by atoms with Crippen molar-refractivity contribution in [3.63, 3.8) is 0 Å². The molecule has 1 atom stereocenters. The Bertz CT molecular complexity index is 956. The molecule has 2 aromatic carbocycles. The van der Waals surface area contributed by atoms with E-state index in [1.807, 2.05) is 30.3 Å². The van der Waals surface area contributed by atoms with Gasteiger partial charge in [0.1, 0.15) is 22.3 Å². The summed E-state index contributed by atoms with van der Waals surface area (Å²) in [4.78, 5) is 28.5. The molecule has 8 heteroatoms. The van der Waals surface area contributed by atoms with Crippen molar-refractivity contribution in [2.24, 2.45) is 0 Å². The van der Waals surface area contributed by atoms with Crippen LogP contribution in [0.1, 0.15) is 17.4 Å². The first-order valence-electron chi connectivity index (χ1n) is 7.92. The fourth-order valence-corrected chi connectivity index (χ4v) is 2.99. The van der Waals surface area contributed by atoms with Crippen LogP contribution in [0.5, 0.6) is 0 Å². The average Bonchev–Trinajstić information content (AvgIpc) is 3.15. The fraction of sp³-hybridized carbons (Fsp3) is 0.105. The maximum Gasteiger partial charge on any atom is 0.358 e. The molecule has 0 fully saturated rings. The second kappa shape index (κ2) is 8.05. The number of nitrogens with zero attached hydrogens (tertiary/aromatic N) is 1. The molecular weight excluding hydrogens is 374 g/mol. The van der Waals surface area contributed by atoms with Crippen LogP contribution in [0.4, 0.5) is 14.5 Å². The molecule has 1 amide bonds. The standard InChI is InChI=1S/C19H14F2N2O3S/c1-11(17(24)23-16-13(20)8-5-9-14(16)21)26-19(25)15-10-27-18(22-15)12-6-3-2-4-7-12/h2-11H,1H3,(H,23,24)/t11-/m0/s1. The summed E-state index contributed by atoms with van der Waals surface area (Å²) < 4.78 is 32.2. The van der Waals surface area contributed by atoms with E-state index in [9.17, 15) is 18.4 Å². The molecule has 1 heterocycles. The summed E-state index contributed by atoms with van der Waals surface area (Å²) in [6, 6.07) is 12.5. The Morgan fingerprint density at radius 2 is 1.74 bits per heavy atom. The predicted octanol–water partition coefficient (Wildman–Crippen LogP) is 4.27. The average molecular weight is 388 g/mol. The number of aromatic nitrogens is 1. The summed E-state index contributed by atoms with van der Waals surface area (Å²) in [5, 5.41) is 4.23. The second-order valence-corrected chi connectivity index (χ2v) is 6.40. The Kier molecular flexibility index (Phi) is 5.56. The number of esters is 1. The third kappa shape index (κ3) is 4.35. The number of carbonyl (C=O) groups is 2. The third-order valence-corrected chi connectivity index (χ3v) is 4.49. The monoisotopic (exact) mass is 388 g/mol. The third-order valence-electron chi connectivity index (χ3n) is 3.60. The molecular formula is C19H14F2N2O3S. The van der Waals surface area contributed by atoms with Gasteiger partial charge in [-0.25, -0.2) is 18.6 Å². The quantitative estimate of drug-likeness (QED) is 0.663. The number of rotatable bonds is 5. The molecule has 1 aromatic heterocycles. The zero-order chi connectivity index (χ0) is 19.4. The first-order valence-corrected chi connectivity index (χ1v) is 8.80. The smallest absolute Gasteiger partial charge is 0.358 e. The van der Waals surface area contributed by atoms with Gasteiger partial charge in [0.15, 0.2) is 11.8 Å². The maximum absolute atomic E-state index is 13.6. The number of benzene rings is 2.